The van der Waals surface area contributed by atoms with Gasteiger partial charge < -0.3 is 5.32 Å². The van der Waals surface area contributed by atoms with Gasteiger partial charge in [-0.1, -0.05) is 30.7 Å². The van der Waals surface area contributed by atoms with Gasteiger partial charge in [0.2, 0.25) is 0 Å². The fourth-order valence-corrected chi connectivity index (χ4v) is 1.96. The lowest BCUT2D eigenvalue weighted by atomic mass is 10.2. The van der Waals surface area contributed by atoms with Crippen LogP contribution in [0, 0.1) is 0 Å². The molecule has 78 valence electrons. The van der Waals surface area contributed by atoms with Crippen LogP contribution in [0.1, 0.15) is 12.5 Å². The fraction of sp³-hybridized carbons (Fsp3) is 0.455. The molecule has 1 aromatic rings. The normalized spacial score (nSPS) is 10.4. The number of hydrogen-bond acceptors (Lipinski definition) is 2. The highest BCUT2D eigenvalue weighted by atomic mass is 35.5. The molecule has 0 spiro atoms. The van der Waals surface area contributed by atoms with Crippen LogP contribution in [0.2, 0.25) is 5.02 Å². The van der Waals surface area contributed by atoms with E-state index in [4.69, 9.17) is 11.6 Å². The first-order valence-electron chi connectivity index (χ1n) is 4.86. The van der Waals surface area contributed by atoms with Gasteiger partial charge in [0.1, 0.15) is 0 Å². The lowest BCUT2D eigenvalue weighted by molar-refractivity contribution is 0.732. The summed E-state index contributed by atoms with van der Waals surface area (Å²) in [5, 5.41) is 4.20. The zero-order valence-corrected chi connectivity index (χ0v) is 10.00. The molecule has 0 aromatic heterocycles. The van der Waals surface area contributed by atoms with Crippen LogP contribution in [0.5, 0.6) is 0 Å². The first kappa shape index (κ1) is 11.9. The quantitative estimate of drug-likeness (QED) is 0.752. The van der Waals surface area contributed by atoms with Crippen molar-refractivity contribution in [3.63, 3.8) is 0 Å². The maximum Gasteiger partial charge on any atom is 0.0409 e. The van der Waals surface area contributed by atoms with Crippen LogP contribution in [0.3, 0.4) is 0 Å². The van der Waals surface area contributed by atoms with Crippen LogP contribution in [0.25, 0.3) is 0 Å². The first-order valence-corrected chi connectivity index (χ1v) is 6.39. The third-order valence-corrected chi connectivity index (χ3v) is 2.98. The Morgan fingerprint density at radius 2 is 2.29 bits per heavy atom. The van der Waals surface area contributed by atoms with E-state index >= 15 is 0 Å². The molecule has 0 heterocycles. The summed E-state index contributed by atoms with van der Waals surface area (Å²) in [6.45, 7) is 4.15. The number of thioether (sulfide) groups is 1. The summed E-state index contributed by atoms with van der Waals surface area (Å²) in [6.07, 6.45) is 0. The van der Waals surface area contributed by atoms with Crippen LogP contribution in [0.15, 0.2) is 24.3 Å². The molecule has 1 nitrogen and oxygen atoms in total. The van der Waals surface area contributed by atoms with E-state index in [2.05, 4.69) is 18.3 Å². The molecule has 0 amide bonds. The smallest absolute Gasteiger partial charge is 0.0409 e. The van der Waals surface area contributed by atoms with Crippen LogP contribution in [0.4, 0.5) is 0 Å². The second kappa shape index (κ2) is 7.16. The Kier molecular flexibility index (Phi) is 6.08. The molecule has 0 fully saturated rings. The van der Waals surface area contributed by atoms with Crippen molar-refractivity contribution in [2.24, 2.45) is 0 Å². The Bertz CT molecular complexity index is 265. The molecule has 1 N–H and O–H groups in total. The summed E-state index contributed by atoms with van der Waals surface area (Å²) in [6, 6.07) is 7.98. The molecule has 0 aliphatic heterocycles. The fourth-order valence-electron chi connectivity index (χ4n) is 1.17. The molecule has 0 atom stereocenters. The molecular formula is C11H16ClNS. The highest BCUT2D eigenvalue weighted by molar-refractivity contribution is 7.99. The molecule has 3 heteroatoms. The van der Waals surface area contributed by atoms with E-state index in [1.807, 2.05) is 30.0 Å². The maximum atomic E-state index is 5.88. The Morgan fingerprint density at radius 3 is 3.00 bits per heavy atom. The Hall–Kier alpha value is -0.180. The van der Waals surface area contributed by atoms with Crippen molar-refractivity contribution in [1.29, 1.82) is 0 Å². The number of benzene rings is 1. The SMILES string of the molecule is CCSCCNCc1cccc(Cl)c1. The average Bonchev–Trinajstić information content (AvgIpc) is 2.18. The molecule has 0 bridgehead atoms. The number of nitrogens with one attached hydrogen (secondary N) is 1. The van der Waals surface area contributed by atoms with E-state index in [9.17, 15) is 0 Å². The summed E-state index contributed by atoms with van der Waals surface area (Å²) in [7, 11) is 0. The molecule has 0 aliphatic carbocycles. The van der Waals surface area contributed by atoms with Crippen LogP contribution in [-0.2, 0) is 6.54 Å². The first-order chi connectivity index (χ1) is 6.83. The predicted molar refractivity (Wildman–Crippen MR) is 66.2 cm³/mol. The zero-order chi connectivity index (χ0) is 10.2. The minimum absolute atomic E-state index is 0.812. The van der Waals surface area contributed by atoms with Gasteiger partial charge in [-0.2, -0.15) is 11.8 Å². The molecule has 0 saturated heterocycles. The van der Waals surface area contributed by atoms with Crippen LogP contribution >= 0.6 is 23.4 Å². The molecule has 0 radical (unpaired) electrons. The van der Waals surface area contributed by atoms with Gasteiger partial charge in [0, 0.05) is 23.9 Å². The third-order valence-electron chi connectivity index (χ3n) is 1.85. The highest BCUT2D eigenvalue weighted by Gasteiger charge is 1.93. The summed E-state index contributed by atoms with van der Waals surface area (Å²) in [5.74, 6) is 2.37. The molecule has 1 aromatic carbocycles. The maximum absolute atomic E-state index is 5.88. The van der Waals surface area contributed by atoms with Gasteiger partial charge in [-0.15, -0.1) is 0 Å². The Balaban J connectivity index is 2.18. The van der Waals surface area contributed by atoms with Crippen LogP contribution < -0.4 is 5.32 Å². The van der Waals surface area contributed by atoms with E-state index in [-0.39, 0.29) is 0 Å². The van der Waals surface area contributed by atoms with E-state index in [0.717, 1.165) is 18.1 Å². The zero-order valence-electron chi connectivity index (χ0n) is 8.42. The Labute approximate surface area is 95.2 Å². The number of rotatable bonds is 6. The standard InChI is InChI=1S/C11H16ClNS/c1-2-14-7-6-13-9-10-4-3-5-11(12)8-10/h3-5,8,13H,2,6-7,9H2,1H3. The molecule has 0 unspecified atom stereocenters. The molecule has 1 rings (SSSR count). The minimum Gasteiger partial charge on any atom is -0.312 e. The van der Waals surface area contributed by atoms with Crippen molar-refractivity contribution < 1.29 is 0 Å². The van der Waals surface area contributed by atoms with E-state index < -0.39 is 0 Å². The highest BCUT2D eigenvalue weighted by Crippen LogP contribution is 2.10. The molecule has 0 saturated carbocycles. The summed E-state index contributed by atoms with van der Waals surface area (Å²) < 4.78 is 0. The number of halogens is 1. The number of hydrogen-bond donors (Lipinski definition) is 1. The predicted octanol–water partition coefficient (Wildman–Crippen LogP) is 3.18. The summed E-state index contributed by atoms with van der Waals surface area (Å²) in [4.78, 5) is 0. The Morgan fingerprint density at radius 1 is 1.43 bits per heavy atom. The summed E-state index contributed by atoms with van der Waals surface area (Å²) in [5.41, 5.74) is 1.25. The van der Waals surface area contributed by atoms with Crippen LogP contribution in [-0.4, -0.2) is 18.1 Å². The minimum atomic E-state index is 0.812. The molecule has 14 heavy (non-hydrogen) atoms. The van der Waals surface area contributed by atoms with Gasteiger partial charge in [-0.05, 0) is 23.4 Å². The molecular weight excluding hydrogens is 214 g/mol. The summed E-state index contributed by atoms with van der Waals surface area (Å²) >= 11 is 7.83. The lowest BCUT2D eigenvalue weighted by Crippen LogP contribution is -2.16. The second-order valence-corrected chi connectivity index (χ2v) is 4.83. The van der Waals surface area contributed by atoms with Crippen molar-refractivity contribution in [2.45, 2.75) is 13.5 Å². The van der Waals surface area contributed by atoms with Gasteiger partial charge in [0.05, 0.1) is 0 Å². The monoisotopic (exact) mass is 229 g/mol. The largest absolute Gasteiger partial charge is 0.312 e. The second-order valence-electron chi connectivity index (χ2n) is 3.00. The van der Waals surface area contributed by atoms with E-state index in [1.165, 1.54) is 17.1 Å². The van der Waals surface area contributed by atoms with Crippen molar-refractivity contribution in [1.82, 2.24) is 5.32 Å². The van der Waals surface area contributed by atoms with Gasteiger partial charge >= 0.3 is 0 Å². The van der Waals surface area contributed by atoms with Gasteiger partial charge in [0.15, 0.2) is 0 Å². The van der Waals surface area contributed by atoms with Crippen molar-refractivity contribution in [3.05, 3.63) is 34.9 Å². The lowest BCUT2D eigenvalue weighted by Gasteiger charge is -2.04. The molecule has 0 aliphatic rings. The van der Waals surface area contributed by atoms with Crippen molar-refractivity contribution in [2.75, 3.05) is 18.1 Å². The topological polar surface area (TPSA) is 12.0 Å². The van der Waals surface area contributed by atoms with Gasteiger partial charge in [0.25, 0.3) is 0 Å². The van der Waals surface area contributed by atoms with Gasteiger partial charge in [-0.25, -0.2) is 0 Å². The van der Waals surface area contributed by atoms with E-state index in [0.29, 0.717) is 0 Å². The third kappa shape index (κ3) is 4.89. The van der Waals surface area contributed by atoms with Crippen molar-refractivity contribution >= 4 is 23.4 Å². The van der Waals surface area contributed by atoms with Crippen molar-refractivity contribution in [3.8, 4) is 0 Å². The average molecular weight is 230 g/mol. The van der Waals surface area contributed by atoms with E-state index in [1.54, 1.807) is 0 Å². The van der Waals surface area contributed by atoms with Gasteiger partial charge in [-0.3, -0.25) is 0 Å².